The molecule has 0 saturated heterocycles. The molecule has 0 fully saturated rings. The highest BCUT2D eigenvalue weighted by atomic mass is 35.5. The van der Waals surface area contributed by atoms with Gasteiger partial charge in [-0.3, -0.25) is 19.1 Å². The Balaban J connectivity index is 0.000000253. The molecule has 0 bridgehead atoms. The van der Waals surface area contributed by atoms with Crippen LogP contribution in [0.1, 0.15) is 43.5 Å². The van der Waals surface area contributed by atoms with Crippen molar-refractivity contribution in [1.82, 2.24) is 19.9 Å². The molecule has 0 spiro atoms. The summed E-state index contributed by atoms with van der Waals surface area (Å²) in [5.41, 5.74) is -2.81. The van der Waals surface area contributed by atoms with E-state index in [1.54, 1.807) is 25.1 Å². The van der Waals surface area contributed by atoms with Crippen molar-refractivity contribution >= 4 is 101 Å². The summed E-state index contributed by atoms with van der Waals surface area (Å²) < 4.78 is 132. The van der Waals surface area contributed by atoms with Crippen LogP contribution in [0.4, 0.5) is 49.4 Å². The molecule has 0 radical (unpaired) electrons. The fourth-order valence-corrected chi connectivity index (χ4v) is 8.15. The van der Waals surface area contributed by atoms with Crippen molar-refractivity contribution in [3.63, 3.8) is 0 Å². The number of hydrogen-bond acceptors (Lipinski definition) is 11. The van der Waals surface area contributed by atoms with E-state index in [0.717, 1.165) is 65.2 Å². The first kappa shape index (κ1) is 53.6. The Labute approximate surface area is 398 Å². The maximum absolute atomic E-state index is 13.2. The largest absolute Gasteiger partial charge is 0.476 e. The molecule has 2 aromatic carbocycles. The van der Waals surface area contributed by atoms with E-state index in [1.807, 2.05) is 36.9 Å². The second-order valence-electron chi connectivity index (χ2n) is 13.3. The second kappa shape index (κ2) is 21.8. The van der Waals surface area contributed by atoms with Crippen molar-refractivity contribution in [1.29, 1.82) is 0 Å². The number of anilines is 4. The van der Waals surface area contributed by atoms with Crippen LogP contribution in [0.3, 0.4) is 0 Å². The molecule has 6 rings (SSSR count). The highest BCUT2D eigenvalue weighted by Gasteiger charge is 2.36. The fourth-order valence-electron chi connectivity index (χ4n) is 5.22. The first-order chi connectivity index (χ1) is 31.0. The number of carboxylic acid groups (broad SMARTS) is 1. The molecule has 15 nitrogen and oxygen atoms in total. The van der Waals surface area contributed by atoms with Gasteiger partial charge in [-0.1, -0.05) is 58.5 Å². The van der Waals surface area contributed by atoms with Gasteiger partial charge in [-0.15, -0.1) is 0 Å². The summed E-state index contributed by atoms with van der Waals surface area (Å²) in [6, 6.07) is 17.0. The van der Waals surface area contributed by atoms with E-state index in [0.29, 0.717) is 17.8 Å². The molecule has 0 saturated carbocycles. The Hall–Kier alpha value is -5.98. The Bertz CT molecular complexity index is 3040. The number of halogens is 10. The number of aromatic nitrogens is 4. The third kappa shape index (κ3) is 14.5. The van der Waals surface area contributed by atoms with Crippen molar-refractivity contribution in [2.75, 3.05) is 33.8 Å². The number of carboxylic acids is 1. The predicted molar refractivity (Wildman–Crippen MR) is 240 cm³/mol. The Kier molecular flexibility index (Phi) is 17.4. The lowest BCUT2D eigenvalue weighted by molar-refractivity contribution is -0.138. The van der Waals surface area contributed by atoms with Crippen LogP contribution in [-0.2, 0) is 32.4 Å². The molecule has 4 aromatic heterocycles. The van der Waals surface area contributed by atoms with Gasteiger partial charge in [0.05, 0.1) is 52.4 Å². The summed E-state index contributed by atoms with van der Waals surface area (Å²) in [4.78, 5) is 39.6. The average Bonchev–Trinajstić information content (AvgIpc) is 3.22. The summed E-state index contributed by atoms with van der Waals surface area (Å²) in [6.45, 7) is 3.70. The minimum Gasteiger partial charge on any atom is -0.476 e. The number of sulfonamides is 2. The van der Waals surface area contributed by atoms with Crippen LogP contribution in [0, 0.1) is 13.8 Å². The standard InChI is InChI=1S/C20H15Cl2F3N4O3S.C13H7Cl2F3N2O4S.C7H10N2/c1-11-4-3-5-17(27-11)29(2)19(30)18-16(8-12(21)10-26-18)28-33(31,32)13-6-7-15(22)14(9-13)20(23,24)25;14-6-3-10(11(12(21)22)19-5-6)20-25(23,24)7-1-2-9(15)8(4-7)13(16,17)18;1-6-4-3-5-7(8-2)9-6/h3-10,28H,1-2H3;1-5,20H,(H,21,22);3-5H,1-2H3,(H,8,9). The van der Waals surface area contributed by atoms with Crippen LogP contribution in [0.2, 0.25) is 20.1 Å². The van der Waals surface area contributed by atoms with Gasteiger partial charge in [-0.25, -0.2) is 41.6 Å². The summed E-state index contributed by atoms with van der Waals surface area (Å²) in [5.74, 6) is -1.08. The maximum Gasteiger partial charge on any atom is 0.417 e. The lowest BCUT2D eigenvalue weighted by atomic mass is 10.2. The number of carbonyl (C=O) groups excluding carboxylic acids is 1. The Morgan fingerprint density at radius 2 is 1.07 bits per heavy atom. The van der Waals surface area contributed by atoms with Crippen molar-refractivity contribution in [2.45, 2.75) is 36.0 Å². The number of pyridine rings is 4. The van der Waals surface area contributed by atoms with Crippen molar-refractivity contribution in [3.8, 4) is 0 Å². The average molecular weight is 1060 g/mol. The first-order valence-corrected chi connectivity index (χ1v) is 22.7. The molecule has 4 N–H and O–H groups in total. The second-order valence-corrected chi connectivity index (χ2v) is 18.4. The molecule has 27 heteroatoms. The van der Waals surface area contributed by atoms with Crippen LogP contribution in [0.25, 0.3) is 0 Å². The van der Waals surface area contributed by atoms with Crippen LogP contribution in [0.15, 0.2) is 107 Å². The molecule has 1 amide bonds. The van der Waals surface area contributed by atoms with Gasteiger partial charge < -0.3 is 10.4 Å². The SMILES string of the molecule is CNc1cccc(C)n1.Cc1cccc(N(C)C(=O)c2ncc(Cl)cc2NS(=O)(=O)c2ccc(Cl)c(C(F)(F)F)c2)n1.O=C(O)c1ncc(Cl)cc1NS(=O)(=O)c1ccc(Cl)c(C(F)(F)F)c1. The predicted octanol–water partition coefficient (Wildman–Crippen LogP) is 10.5. The zero-order valence-electron chi connectivity index (χ0n) is 34.5. The molecular weight excluding hydrogens is 1020 g/mol. The summed E-state index contributed by atoms with van der Waals surface area (Å²) in [7, 11) is -5.86. The Morgan fingerprint density at radius 3 is 1.48 bits per heavy atom. The van der Waals surface area contributed by atoms with Gasteiger partial charge in [-0.05, 0) is 86.6 Å². The zero-order chi connectivity index (χ0) is 50.2. The third-order valence-corrected chi connectivity index (χ3v) is 12.2. The quantitative estimate of drug-likeness (QED) is 0.0944. The molecule has 0 aliphatic rings. The number of nitrogens with one attached hydrogen (secondary N) is 3. The molecule has 0 aliphatic carbocycles. The maximum atomic E-state index is 13.2. The van der Waals surface area contributed by atoms with Crippen LogP contribution >= 0.6 is 46.4 Å². The molecule has 4 heterocycles. The van der Waals surface area contributed by atoms with Gasteiger partial charge in [0.1, 0.15) is 11.6 Å². The number of aromatic carboxylic acids is 1. The summed E-state index contributed by atoms with van der Waals surface area (Å²) in [6.07, 6.45) is -7.63. The van der Waals surface area contributed by atoms with E-state index < -0.39 is 86.6 Å². The molecule has 0 atom stereocenters. The highest BCUT2D eigenvalue weighted by Crippen LogP contribution is 2.38. The van der Waals surface area contributed by atoms with Gasteiger partial charge in [0, 0.05) is 37.9 Å². The van der Waals surface area contributed by atoms with E-state index in [1.165, 1.54) is 7.05 Å². The number of nitrogens with zero attached hydrogens (tertiary/aromatic N) is 5. The van der Waals surface area contributed by atoms with Gasteiger partial charge in [0.2, 0.25) is 0 Å². The molecule has 0 aliphatic heterocycles. The van der Waals surface area contributed by atoms with Gasteiger partial charge in [0.15, 0.2) is 11.4 Å². The molecular formula is C40H32Cl4F6N8O7S2. The zero-order valence-corrected chi connectivity index (χ0v) is 39.1. The number of alkyl halides is 6. The number of aryl methyl sites for hydroxylation is 2. The van der Waals surface area contributed by atoms with Crippen molar-refractivity contribution < 1.29 is 57.9 Å². The third-order valence-electron chi connectivity index (χ3n) is 8.38. The Morgan fingerprint density at radius 1 is 0.642 bits per heavy atom. The van der Waals surface area contributed by atoms with Crippen LogP contribution < -0.4 is 19.7 Å². The van der Waals surface area contributed by atoms with E-state index in [9.17, 15) is 52.8 Å². The van der Waals surface area contributed by atoms with Gasteiger partial charge in [0.25, 0.3) is 26.0 Å². The lowest BCUT2D eigenvalue weighted by Crippen LogP contribution is -2.29. The lowest BCUT2D eigenvalue weighted by Gasteiger charge is -2.19. The minimum atomic E-state index is -4.87. The summed E-state index contributed by atoms with van der Waals surface area (Å²) in [5, 5.41) is 10.5. The molecule has 0 unspecified atom stereocenters. The number of benzene rings is 2. The van der Waals surface area contributed by atoms with Gasteiger partial charge in [-0.2, -0.15) is 26.3 Å². The van der Waals surface area contributed by atoms with Crippen LogP contribution in [0.5, 0.6) is 0 Å². The first-order valence-electron chi connectivity index (χ1n) is 18.2. The number of hydrogen-bond donors (Lipinski definition) is 4. The highest BCUT2D eigenvalue weighted by molar-refractivity contribution is 7.93. The summed E-state index contributed by atoms with van der Waals surface area (Å²) >= 11 is 22.6. The van der Waals surface area contributed by atoms with Crippen LogP contribution in [-0.4, -0.2) is 67.8 Å². The van der Waals surface area contributed by atoms with E-state index in [2.05, 4.69) is 30.0 Å². The molecule has 6 aromatic rings. The van der Waals surface area contributed by atoms with E-state index in [4.69, 9.17) is 51.5 Å². The van der Waals surface area contributed by atoms with Crippen molar-refractivity contribution in [2.24, 2.45) is 0 Å². The normalized spacial score (nSPS) is 11.6. The van der Waals surface area contributed by atoms with Crippen molar-refractivity contribution in [3.05, 3.63) is 151 Å². The molecule has 67 heavy (non-hydrogen) atoms. The number of carbonyl (C=O) groups is 2. The molecule has 356 valence electrons. The monoisotopic (exact) mass is 1050 g/mol. The van der Waals surface area contributed by atoms with E-state index in [-0.39, 0.29) is 27.2 Å². The topological polar surface area (TPSA) is 214 Å². The fraction of sp³-hybridized carbons (Fsp3) is 0.150. The smallest absolute Gasteiger partial charge is 0.417 e. The number of amides is 1. The number of rotatable bonds is 10. The van der Waals surface area contributed by atoms with Gasteiger partial charge >= 0.3 is 18.3 Å². The minimum absolute atomic E-state index is 0.00679. The van der Waals surface area contributed by atoms with E-state index >= 15 is 0 Å².